The van der Waals surface area contributed by atoms with Crippen molar-refractivity contribution in [3.63, 3.8) is 0 Å². The predicted octanol–water partition coefficient (Wildman–Crippen LogP) is 5.57. The third-order valence-corrected chi connectivity index (χ3v) is 5.56. The number of anilines is 1. The van der Waals surface area contributed by atoms with E-state index in [1.165, 1.54) is 0 Å². The van der Waals surface area contributed by atoms with Crippen LogP contribution in [0.25, 0.3) is 0 Å². The number of hydrogen-bond acceptors (Lipinski definition) is 3. The largest absolute Gasteiger partial charge is 0.486 e. The van der Waals surface area contributed by atoms with Gasteiger partial charge in [-0.05, 0) is 81.5 Å². The van der Waals surface area contributed by atoms with Crippen LogP contribution in [0.4, 0.5) is 14.5 Å². The van der Waals surface area contributed by atoms with Crippen LogP contribution in [0.3, 0.4) is 0 Å². The van der Waals surface area contributed by atoms with E-state index in [1.54, 1.807) is 12.1 Å². The average Bonchev–Trinajstić information content (AvgIpc) is 3.14. The highest BCUT2D eigenvalue weighted by molar-refractivity contribution is 9.11. The Morgan fingerprint density at radius 3 is 2.38 bits per heavy atom. The summed E-state index contributed by atoms with van der Waals surface area (Å²) in [7, 11) is 0. The topological polar surface area (TPSA) is 75.6 Å². The number of carbonyl (C=O) groups excluding carboxylic acids is 1. The van der Waals surface area contributed by atoms with Gasteiger partial charge in [0.1, 0.15) is 24.0 Å². The molecule has 152 valence electrons. The highest BCUT2D eigenvalue weighted by atomic mass is 79.9. The first-order chi connectivity index (χ1) is 13.8. The van der Waals surface area contributed by atoms with Gasteiger partial charge in [-0.15, -0.1) is 0 Å². The summed E-state index contributed by atoms with van der Waals surface area (Å²) in [6.45, 7) is -0.193. The van der Waals surface area contributed by atoms with E-state index in [0.717, 1.165) is 18.2 Å². The van der Waals surface area contributed by atoms with Crippen molar-refractivity contribution in [2.75, 3.05) is 5.32 Å². The van der Waals surface area contributed by atoms with Gasteiger partial charge < -0.3 is 15.2 Å². The monoisotopic (exact) mass is 529 g/mol. The highest BCUT2D eigenvalue weighted by Crippen LogP contribution is 2.37. The second-order valence-corrected chi connectivity index (χ2v) is 8.07. The SMILES string of the molecule is O=C(O)C1=C(C(=O)Nc2cc(Br)c(OCc3cc(F)ccc3F)c(Br)c2)CCC1. The highest BCUT2D eigenvalue weighted by Gasteiger charge is 2.25. The van der Waals surface area contributed by atoms with Crippen molar-refractivity contribution >= 4 is 49.4 Å². The minimum Gasteiger partial charge on any atom is -0.486 e. The molecule has 0 saturated heterocycles. The van der Waals surface area contributed by atoms with Gasteiger partial charge in [-0.1, -0.05) is 0 Å². The Kier molecular flexibility index (Phi) is 6.69. The number of benzene rings is 2. The van der Waals surface area contributed by atoms with E-state index in [4.69, 9.17) is 4.74 Å². The Bertz CT molecular complexity index is 1000. The van der Waals surface area contributed by atoms with Crippen LogP contribution in [-0.4, -0.2) is 17.0 Å². The minimum absolute atomic E-state index is 0.0653. The number of ether oxygens (including phenoxy) is 1. The molecule has 0 atom stereocenters. The van der Waals surface area contributed by atoms with Crippen LogP contribution in [0.1, 0.15) is 24.8 Å². The van der Waals surface area contributed by atoms with E-state index in [9.17, 15) is 23.5 Å². The first kappa shape index (κ1) is 21.4. The molecule has 0 fully saturated rings. The molecule has 29 heavy (non-hydrogen) atoms. The molecular formula is C20H15Br2F2NO4. The first-order valence-corrected chi connectivity index (χ1v) is 10.2. The van der Waals surface area contributed by atoms with Gasteiger partial charge >= 0.3 is 5.97 Å². The molecule has 0 saturated carbocycles. The first-order valence-electron chi connectivity index (χ1n) is 8.58. The lowest BCUT2D eigenvalue weighted by atomic mass is 10.1. The Morgan fingerprint density at radius 2 is 1.72 bits per heavy atom. The molecular weight excluding hydrogens is 516 g/mol. The molecule has 0 radical (unpaired) electrons. The summed E-state index contributed by atoms with van der Waals surface area (Å²) in [6, 6.07) is 6.27. The molecule has 2 N–H and O–H groups in total. The van der Waals surface area contributed by atoms with E-state index in [0.29, 0.717) is 39.6 Å². The fraction of sp³-hybridized carbons (Fsp3) is 0.200. The summed E-state index contributed by atoms with van der Waals surface area (Å²) < 4.78 is 33.6. The lowest BCUT2D eigenvalue weighted by molar-refractivity contribution is -0.133. The van der Waals surface area contributed by atoms with Gasteiger partial charge in [0.2, 0.25) is 0 Å². The molecule has 0 spiro atoms. The summed E-state index contributed by atoms with van der Waals surface area (Å²) in [5, 5.41) is 11.9. The van der Waals surface area contributed by atoms with Crippen LogP contribution in [0.5, 0.6) is 5.75 Å². The summed E-state index contributed by atoms with van der Waals surface area (Å²) >= 11 is 6.67. The zero-order valence-corrected chi connectivity index (χ0v) is 18.1. The molecule has 1 aliphatic rings. The van der Waals surface area contributed by atoms with Crippen molar-refractivity contribution in [2.24, 2.45) is 0 Å². The quantitative estimate of drug-likeness (QED) is 0.511. The van der Waals surface area contributed by atoms with Crippen LogP contribution in [-0.2, 0) is 16.2 Å². The lowest BCUT2D eigenvalue weighted by Crippen LogP contribution is -2.16. The normalized spacial score (nSPS) is 13.5. The Labute approximate surface area is 182 Å². The maximum absolute atomic E-state index is 13.8. The summed E-state index contributed by atoms with van der Waals surface area (Å²) in [5.74, 6) is -2.35. The predicted molar refractivity (Wildman–Crippen MR) is 110 cm³/mol. The van der Waals surface area contributed by atoms with Crippen molar-refractivity contribution in [1.29, 1.82) is 0 Å². The Morgan fingerprint density at radius 1 is 1.07 bits per heavy atom. The van der Waals surface area contributed by atoms with Crippen molar-refractivity contribution < 1.29 is 28.2 Å². The number of amides is 1. The maximum Gasteiger partial charge on any atom is 0.332 e. The third kappa shape index (κ3) is 5.02. The summed E-state index contributed by atoms with van der Waals surface area (Å²) in [6.07, 6.45) is 1.41. The summed E-state index contributed by atoms with van der Waals surface area (Å²) in [5.41, 5.74) is 0.891. The number of carboxylic acids is 1. The number of nitrogens with one attached hydrogen (secondary N) is 1. The van der Waals surface area contributed by atoms with Crippen molar-refractivity contribution in [3.05, 3.63) is 67.6 Å². The molecule has 9 heteroatoms. The van der Waals surface area contributed by atoms with E-state index >= 15 is 0 Å². The molecule has 2 aromatic rings. The maximum atomic E-state index is 13.8. The van der Waals surface area contributed by atoms with Crippen LogP contribution in [0, 0.1) is 11.6 Å². The smallest absolute Gasteiger partial charge is 0.332 e. The van der Waals surface area contributed by atoms with Gasteiger partial charge in [0.15, 0.2) is 0 Å². The van der Waals surface area contributed by atoms with Gasteiger partial charge in [0.25, 0.3) is 5.91 Å². The fourth-order valence-electron chi connectivity index (χ4n) is 3.01. The zero-order valence-electron chi connectivity index (χ0n) is 14.9. The lowest BCUT2D eigenvalue weighted by Gasteiger charge is -2.14. The number of halogens is 4. The molecule has 0 aliphatic heterocycles. The number of carbonyl (C=O) groups is 2. The Hall–Kier alpha value is -2.26. The molecule has 5 nitrogen and oxygen atoms in total. The number of rotatable bonds is 6. The molecule has 3 rings (SSSR count). The standard InChI is InChI=1S/C20H15Br2F2NO4/c21-15-7-12(25-19(26)13-2-1-3-14(13)20(27)28)8-16(22)18(15)29-9-10-6-11(23)4-5-17(10)24/h4-8H,1-3,9H2,(H,25,26)(H,27,28). The summed E-state index contributed by atoms with van der Waals surface area (Å²) in [4.78, 5) is 23.7. The van der Waals surface area contributed by atoms with Crippen LogP contribution < -0.4 is 10.1 Å². The molecule has 0 bridgehead atoms. The van der Waals surface area contributed by atoms with Gasteiger partial charge in [-0.25, -0.2) is 13.6 Å². The van der Waals surface area contributed by atoms with Gasteiger partial charge in [-0.2, -0.15) is 0 Å². The van der Waals surface area contributed by atoms with E-state index in [1.807, 2.05) is 0 Å². The number of carboxylic acid groups (broad SMARTS) is 1. The van der Waals surface area contributed by atoms with Crippen molar-refractivity contribution in [2.45, 2.75) is 25.9 Å². The van der Waals surface area contributed by atoms with Gasteiger partial charge in [-0.3, -0.25) is 4.79 Å². The van der Waals surface area contributed by atoms with Crippen molar-refractivity contribution in [3.8, 4) is 5.75 Å². The molecule has 1 aliphatic carbocycles. The second-order valence-electron chi connectivity index (χ2n) is 6.36. The molecule has 0 aromatic heterocycles. The van der Waals surface area contributed by atoms with E-state index < -0.39 is 23.5 Å². The third-order valence-electron chi connectivity index (χ3n) is 4.39. The van der Waals surface area contributed by atoms with Gasteiger partial charge in [0, 0.05) is 22.4 Å². The molecule has 2 aromatic carbocycles. The van der Waals surface area contributed by atoms with E-state index in [2.05, 4.69) is 37.2 Å². The molecule has 1 amide bonds. The van der Waals surface area contributed by atoms with Crippen molar-refractivity contribution in [1.82, 2.24) is 0 Å². The number of hydrogen-bond donors (Lipinski definition) is 2. The average molecular weight is 531 g/mol. The number of aliphatic carboxylic acids is 1. The fourth-order valence-corrected chi connectivity index (χ4v) is 4.43. The Balaban J connectivity index is 1.75. The molecule has 0 heterocycles. The molecule has 0 unspecified atom stereocenters. The van der Waals surface area contributed by atoms with E-state index in [-0.39, 0.29) is 23.3 Å². The van der Waals surface area contributed by atoms with Crippen LogP contribution in [0.2, 0.25) is 0 Å². The van der Waals surface area contributed by atoms with Crippen LogP contribution in [0.15, 0.2) is 50.4 Å². The zero-order chi connectivity index (χ0) is 21.1. The van der Waals surface area contributed by atoms with Gasteiger partial charge in [0.05, 0.1) is 8.95 Å². The minimum atomic E-state index is -1.08. The van der Waals surface area contributed by atoms with Crippen LogP contribution >= 0.6 is 31.9 Å². The second kappa shape index (κ2) is 9.04.